The Morgan fingerprint density at radius 2 is 1.35 bits per heavy atom. The lowest BCUT2D eigenvalue weighted by molar-refractivity contribution is -0.134. The van der Waals surface area contributed by atoms with E-state index < -0.39 is 11.9 Å². The summed E-state index contributed by atoms with van der Waals surface area (Å²) in [5.41, 5.74) is 0. The number of carbonyl (C=O) groups excluding carboxylic acids is 2. The zero-order valence-electron chi connectivity index (χ0n) is 12.7. The molecule has 5 heteroatoms. The molecule has 1 aromatic carbocycles. The average molecular weight is 314 g/mol. The fourth-order valence-electron chi connectivity index (χ4n) is 1.71. The number of benzene rings is 1. The van der Waals surface area contributed by atoms with Gasteiger partial charge in [-0.15, -0.1) is 24.7 Å². The van der Waals surface area contributed by atoms with Crippen LogP contribution in [0.3, 0.4) is 0 Å². The van der Waals surface area contributed by atoms with Crippen molar-refractivity contribution >= 4 is 11.9 Å². The van der Waals surface area contributed by atoms with Crippen molar-refractivity contribution in [3.8, 4) is 41.9 Å². The second-order valence-corrected chi connectivity index (χ2v) is 4.73. The maximum Gasteiger partial charge on any atom is 0.311 e. The summed E-state index contributed by atoms with van der Waals surface area (Å²) < 4.78 is 10.2. The van der Waals surface area contributed by atoms with Gasteiger partial charge in [0.15, 0.2) is 0 Å². The van der Waals surface area contributed by atoms with Crippen molar-refractivity contribution in [2.45, 2.75) is 38.5 Å². The molecule has 0 spiro atoms. The van der Waals surface area contributed by atoms with Crippen molar-refractivity contribution in [2.75, 3.05) is 0 Å². The number of unbranched alkanes of at least 4 members (excludes halogenated alkanes) is 2. The minimum Gasteiger partial charge on any atom is -0.508 e. The van der Waals surface area contributed by atoms with Crippen molar-refractivity contribution in [3.05, 3.63) is 18.2 Å². The third-order valence-electron chi connectivity index (χ3n) is 2.73. The molecule has 0 aromatic heterocycles. The monoisotopic (exact) mass is 314 g/mol. The van der Waals surface area contributed by atoms with Gasteiger partial charge < -0.3 is 14.6 Å². The van der Waals surface area contributed by atoms with Crippen molar-refractivity contribution in [1.82, 2.24) is 0 Å². The molecule has 0 unspecified atom stereocenters. The number of rotatable bonds is 8. The molecule has 1 rings (SSSR count). The first-order valence-corrected chi connectivity index (χ1v) is 7.17. The number of phenols is 1. The maximum atomic E-state index is 11.6. The molecule has 1 aromatic rings. The molecule has 1 N–H and O–H groups in total. The van der Waals surface area contributed by atoms with Gasteiger partial charge in [0, 0.05) is 43.9 Å². The van der Waals surface area contributed by atoms with Crippen LogP contribution >= 0.6 is 0 Å². The van der Waals surface area contributed by atoms with E-state index in [1.807, 2.05) is 0 Å². The van der Waals surface area contributed by atoms with E-state index in [4.69, 9.17) is 22.3 Å². The Bertz CT molecular complexity index is 582. The molecule has 23 heavy (non-hydrogen) atoms. The van der Waals surface area contributed by atoms with E-state index in [0.29, 0.717) is 25.7 Å². The Morgan fingerprint density at radius 1 is 0.913 bits per heavy atom. The van der Waals surface area contributed by atoms with Gasteiger partial charge in [0.2, 0.25) is 0 Å². The lowest BCUT2D eigenvalue weighted by Gasteiger charge is -2.08. The Morgan fingerprint density at radius 3 is 1.74 bits per heavy atom. The molecule has 0 radical (unpaired) electrons. The molecule has 5 nitrogen and oxygen atoms in total. The summed E-state index contributed by atoms with van der Waals surface area (Å²) in [6.07, 6.45) is 12.5. The third-order valence-corrected chi connectivity index (χ3v) is 2.73. The van der Waals surface area contributed by atoms with Gasteiger partial charge >= 0.3 is 11.9 Å². The summed E-state index contributed by atoms with van der Waals surface area (Å²) in [5, 5.41) is 9.61. The summed E-state index contributed by atoms with van der Waals surface area (Å²) in [7, 11) is 0. The lowest BCUT2D eigenvalue weighted by Crippen LogP contribution is -2.09. The second kappa shape index (κ2) is 9.92. The predicted molar refractivity (Wildman–Crippen MR) is 84.7 cm³/mol. The first-order valence-electron chi connectivity index (χ1n) is 7.17. The number of esters is 2. The minimum atomic E-state index is -0.475. The number of hydrogen-bond acceptors (Lipinski definition) is 5. The van der Waals surface area contributed by atoms with Gasteiger partial charge in [-0.3, -0.25) is 9.59 Å². The highest BCUT2D eigenvalue weighted by molar-refractivity contribution is 5.74. The van der Waals surface area contributed by atoms with Crippen LogP contribution in [0.1, 0.15) is 38.5 Å². The minimum absolute atomic E-state index is 0.0992. The number of terminal acetylenes is 2. The van der Waals surface area contributed by atoms with Crippen LogP contribution in [0, 0.1) is 24.7 Å². The standard InChI is InChI=1S/C18H18O5/c1-3-5-7-9-17(20)22-15-11-14(19)12-16(13-15)23-18(21)10-8-6-4-2/h1-2,11-13,19H,5-10H2. The molecule has 0 aliphatic rings. The highest BCUT2D eigenvalue weighted by atomic mass is 16.5. The number of hydrogen-bond donors (Lipinski definition) is 1. The molecule has 0 heterocycles. The van der Waals surface area contributed by atoms with Crippen LogP contribution in [0.5, 0.6) is 17.2 Å². The summed E-state index contributed by atoms with van der Waals surface area (Å²) in [4.78, 5) is 23.2. The molecular formula is C18H18O5. The maximum absolute atomic E-state index is 11.6. The molecule has 0 saturated heterocycles. The summed E-state index contributed by atoms with van der Waals surface area (Å²) in [6.45, 7) is 0. The smallest absolute Gasteiger partial charge is 0.311 e. The molecule has 0 amide bonds. The summed E-state index contributed by atoms with van der Waals surface area (Å²) in [6, 6.07) is 3.88. The Balaban J connectivity index is 2.61. The Labute approximate surface area is 135 Å². The molecule has 0 bridgehead atoms. The van der Waals surface area contributed by atoms with Gasteiger partial charge in [0.25, 0.3) is 0 Å². The Hall–Kier alpha value is -2.92. The fraction of sp³-hybridized carbons (Fsp3) is 0.333. The molecule has 0 atom stereocenters. The lowest BCUT2D eigenvalue weighted by atomic mass is 10.2. The molecule has 0 aliphatic heterocycles. The predicted octanol–water partition coefficient (Wildman–Crippen LogP) is 2.81. The van der Waals surface area contributed by atoms with E-state index in [1.165, 1.54) is 18.2 Å². The van der Waals surface area contributed by atoms with E-state index in [1.54, 1.807) is 0 Å². The van der Waals surface area contributed by atoms with Gasteiger partial charge in [-0.25, -0.2) is 0 Å². The number of phenolic OH excluding ortho intramolecular Hbond substituents is 1. The SMILES string of the molecule is C#CCCCC(=O)Oc1cc(O)cc(OC(=O)CCCC#C)c1. The van der Waals surface area contributed by atoms with E-state index in [-0.39, 0.29) is 30.1 Å². The van der Waals surface area contributed by atoms with Crippen LogP contribution in [-0.2, 0) is 9.59 Å². The topological polar surface area (TPSA) is 72.8 Å². The van der Waals surface area contributed by atoms with Crippen LogP contribution < -0.4 is 9.47 Å². The zero-order chi connectivity index (χ0) is 17.1. The van der Waals surface area contributed by atoms with E-state index >= 15 is 0 Å². The largest absolute Gasteiger partial charge is 0.508 e. The van der Waals surface area contributed by atoms with Crippen molar-refractivity contribution in [3.63, 3.8) is 0 Å². The molecule has 0 saturated carbocycles. The number of aromatic hydroxyl groups is 1. The molecule has 0 fully saturated rings. The van der Waals surface area contributed by atoms with Gasteiger partial charge in [-0.2, -0.15) is 0 Å². The molecule has 0 aliphatic carbocycles. The van der Waals surface area contributed by atoms with Crippen LogP contribution in [0.15, 0.2) is 18.2 Å². The van der Waals surface area contributed by atoms with E-state index in [0.717, 1.165) is 0 Å². The molecular weight excluding hydrogens is 296 g/mol. The van der Waals surface area contributed by atoms with Gasteiger partial charge in [0.05, 0.1) is 0 Å². The fourth-order valence-corrected chi connectivity index (χ4v) is 1.71. The van der Waals surface area contributed by atoms with Gasteiger partial charge in [-0.05, 0) is 12.8 Å². The average Bonchev–Trinajstić information content (AvgIpc) is 2.47. The molecule has 120 valence electrons. The Kier molecular flexibility index (Phi) is 7.82. The van der Waals surface area contributed by atoms with Crippen LogP contribution in [0.4, 0.5) is 0 Å². The third kappa shape index (κ3) is 7.59. The van der Waals surface area contributed by atoms with Gasteiger partial charge in [-0.1, -0.05) is 0 Å². The van der Waals surface area contributed by atoms with Crippen LogP contribution in [-0.4, -0.2) is 17.0 Å². The van der Waals surface area contributed by atoms with Crippen LogP contribution in [0.25, 0.3) is 0 Å². The quantitative estimate of drug-likeness (QED) is 0.346. The highest BCUT2D eigenvalue weighted by Crippen LogP contribution is 2.27. The van der Waals surface area contributed by atoms with E-state index in [2.05, 4.69) is 11.8 Å². The number of ether oxygens (including phenoxy) is 2. The normalized spacial score (nSPS) is 9.48. The van der Waals surface area contributed by atoms with E-state index in [9.17, 15) is 14.7 Å². The first-order chi connectivity index (χ1) is 11.0. The van der Waals surface area contributed by atoms with Crippen molar-refractivity contribution < 1.29 is 24.2 Å². The highest BCUT2D eigenvalue weighted by Gasteiger charge is 2.10. The second-order valence-electron chi connectivity index (χ2n) is 4.73. The van der Waals surface area contributed by atoms with Crippen molar-refractivity contribution in [2.24, 2.45) is 0 Å². The zero-order valence-corrected chi connectivity index (χ0v) is 12.7. The summed E-state index contributed by atoms with van der Waals surface area (Å²) in [5.74, 6) is 3.93. The summed E-state index contributed by atoms with van der Waals surface area (Å²) >= 11 is 0. The van der Waals surface area contributed by atoms with Gasteiger partial charge in [0.1, 0.15) is 17.2 Å². The van der Waals surface area contributed by atoms with Crippen molar-refractivity contribution in [1.29, 1.82) is 0 Å². The first kappa shape index (κ1) is 18.1. The number of carbonyl (C=O) groups is 2. The van der Waals surface area contributed by atoms with Crippen LogP contribution in [0.2, 0.25) is 0 Å².